The zero-order valence-electron chi connectivity index (χ0n) is 9.42. The van der Waals surface area contributed by atoms with Crippen LogP contribution >= 0.6 is 11.6 Å². The van der Waals surface area contributed by atoms with Crippen LogP contribution in [0.15, 0.2) is 12.1 Å². The lowest BCUT2D eigenvalue weighted by atomic mass is 9.83. The highest BCUT2D eigenvalue weighted by atomic mass is 35.5. The predicted octanol–water partition coefficient (Wildman–Crippen LogP) is 2.62. The predicted molar refractivity (Wildman–Crippen MR) is 65.0 cm³/mol. The van der Waals surface area contributed by atoms with Crippen molar-refractivity contribution in [1.29, 1.82) is 0 Å². The van der Waals surface area contributed by atoms with E-state index in [2.05, 4.69) is 17.4 Å². The number of hydrogen-bond donors (Lipinski definition) is 1. The molecule has 0 bridgehead atoms. The van der Waals surface area contributed by atoms with Gasteiger partial charge in [0, 0.05) is 23.0 Å². The van der Waals surface area contributed by atoms with Gasteiger partial charge in [-0.1, -0.05) is 23.7 Å². The van der Waals surface area contributed by atoms with Crippen molar-refractivity contribution in [1.82, 2.24) is 5.32 Å². The monoisotopic (exact) mass is 237 g/mol. The first-order valence-electron chi connectivity index (χ1n) is 5.87. The number of benzene rings is 1. The van der Waals surface area contributed by atoms with Gasteiger partial charge in [0.1, 0.15) is 0 Å². The van der Waals surface area contributed by atoms with Crippen LogP contribution in [-0.2, 0) is 11.3 Å². The second-order valence-corrected chi connectivity index (χ2v) is 5.09. The smallest absolute Gasteiger partial charge is 0.0738 e. The minimum atomic E-state index is 0.382. The second-order valence-electron chi connectivity index (χ2n) is 4.71. The molecule has 1 unspecified atom stereocenters. The molecule has 2 nitrogen and oxygen atoms in total. The third-order valence-electron chi connectivity index (χ3n) is 3.73. The molecule has 2 aliphatic heterocycles. The number of ether oxygens (including phenoxy) is 1. The van der Waals surface area contributed by atoms with E-state index in [-0.39, 0.29) is 0 Å². The third-order valence-corrected chi connectivity index (χ3v) is 4.26. The van der Waals surface area contributed by atoms with Gasteiger partial charge in [0.2, 0.25) is 0 Å². The van der Waals surface area contributed by atoms with Crippen molar-refractivity contribution in [3.63, 3.8) is 0 Å². The summed E-state index contributed by atoms with van der Waals surface area (Å²) in [5.41, 5.74) is 3.73. The normalized spacial score (nSPS) is 28.4. The molecule has 1 aromatic rings. The molecule has 16 heavy (non-hydrogen) atoms. The quantitative estimate of drug-likeness (QED) is 0.749. The van der Waals surface area contributed by atoms with Gasteiger partial charge in [0.25, 0.3) is 0 Å². The summed E-state index contributed by atoms with van der Waals surface area (Å²) in [5.74, 6) is 0.482. The van der Waals surface area contributed by atoms with E-state index in [1.165, 1.54) is 11.1 Å². The van der Waals surface area contributed by atoms with E-state index < -0.39 is 0 Å². The summed E-state index contributed by atoms with van der Waals surface area (Å²) in [4.78, 5) is 0. The first-order valence-corrected chi connectivity index (χ1v) is 6.25. The molecule has 0 spiro atoms. The van der Waals surface area contributed by atoms with Crippen molar-refractivity contribution >= 4 is 11.6 Å². The SMILES string of the molecule is Cc1ccc2c(c1Cl)COC1CCNC[C@@H]21. The molecule has 1 fully saturated rings. The number of piperidine rings is 1. The van der Waals surface area contributed by atoms with Crippen molar-refractivity contribution in [3.05, 3.63) is 33.8 Å². The Labute approximate surface area is 101 Å². The van der Waals surface area contributed by atoms with Crippen LogP contribution < -0.4 is 5.32 Å². The molecule has 1 aromatic carbocycles. The summed E-state index contributed by atoms with van der Waals surface area (Å²) >= 11 is 6.34. The molecule has 2 heterocycles. The number of hydrogen-bond acceptors (Lipinski definition) is 2. The van der Waals surface area contributed by atoms with Gasteiger partial charge in [-0.15, -0.1) is 0 Å². The summed E-state index contributed by atoms with van der Waals surface area (Å²) in [6.07, 6.45) is 1.49. The fourth-order valence-corrected chi connectivity index (χ4v) is 3.01. The summed E-state index contributed by atoms with van der Waals surface area (Å²) in [6.45, 7) is 4.80. The maximum absolute atomic E-state index is 6.34. The van der Waals surface area contributed by atoms with E-state index in [9.17, 15) is 0 Å². The average molecular weight is 238 g/mol. The Hall–Kier alpha value is -0.570. The number of halogens is 1. The molecule has 2 atom stereocenters. The lowest BCUT2D eigenvalue weighted by Crippen LogP contribution is -2.42. The minimum absolute atomic E-state index is 0.382. The number of nitrogens with one attached hydrogen (secondary N) is 1. The molecule has 3 heteroatoms. The number of fused-ring (bicyclic) bond motifs is 3. The Morgan fingerprint density at radius 2 is 2.31 bits per heavy atom. The molecule has 3 rings (SSSR count). The molecule has 86 valence electrons. The average Bonchev–Trinajstić information content (AvgIpc) is 2.33. The van der Waals surface area contributed by atoms with E-state index in [1.807, 2.05) is 6.92 Å². The van der Waals surface area contributed by atoms with Crippen molar-refractivity contribution in [3.8, 4) is 0 Å². The van der Waals surface area contributed by atoms with Crippen molar-refractivity contribution in [2.45, 2.75) is 32.0 Å². The van der Waals surface area contributed by atoms with Gasteiger partial charge < -0.3 is 10.1 Å². The largest absolute Gasteiger partial charge is 0.373 e. The highest BCUT2D eigenvalue weighted by Gasteiger charge is 2.33. The highest BCUT2D eigenvalue weighted by Crippen LogP contribution is 2.38. The van der Waals surface area contributed by atoms with E-state index >= 15 is 0 Å². The van der Waals surface area contributed by atoms with Gasteiger partial charge in [-0.05, 0) is 31.0 Å². The maximum Gasteiger partial charge on any atom is 0.0738 e. The van der Waals surface area contributed by atoms with Gasteiger partial charge in [0.15, 0.2) is 0 Å². The standard InChI is InChI=1S/C13H16ClNO/c1-8-2-3-9-10-6-15-5-4-12(10)16-7-11(9)13(8)14/h2-3,10,12,15H,4-7H2,1H3/t10-,12?/m0/s1. The van der Waals surface area contributed by atoms with Gasteiger partial charge in [-0.2, -0.15) is 0 Å². The molecule has 0 radical (unpaired) electrons. The van der Waals surface area contributed by atoms with Crippen LogP contribution in [0, 0.1) is 6.92 Å². The maximum atomic E-state index is 6.34. The number of rotatable bonds is 0. The Morgan fingerprint density at radius 1 is 1.44 bits per heavy atom. The van der Waals surface area contributed by atoms with Gasteiger partial charge in [0.05, 0.1) is 12.7 Å². The van der Waals surface area contributed by atoms with E-state index in [1.54, 1.807) is 0 Å². The zero-order chi connectivity index (χ0) is 11.1. The molecule has 0 amide bonds. The third kappa shape index (κ3) is 1.56. The fraction of sp³-hybridized carbons (Fsp3) is 0.538. The van der Waals surface area contributed by atoms with E-state index in [0.717, 1.165) is 30.1 Å². The van der Waals surface area contributed by atoms with Crippen LogP contribution in [0.4, 0.5) is 0 Å². The molecule has 0 aromatic heterocycles. The first kappa shape index (κ1) is 10.6. The zero-order valence-corrected chi connectivity index (χ0v) is 10.2. The van der Waals surface area contributed by atoms with Crippen molar-refractivity contribution in [2.24, 2.45) is 0 Å². The minimum Gasteiger partial charge on any atom is -0.373 e. The fourth-order valence-electron chi connectivity index (χ4n) is 2.78. The Kier molecular flexibility index (Phi) is 2.66. The number of aryl methyl sites for hydroxylation is 1. The molecule has 1 saturated heterocycles. The summed E-state index contributed by atoms with van der Waals surface area (Å²) in [6, 6.07) is 4.35. The van der Waals surface area contributed by atoms with E-state index in [4.69, 9.17) is 16.3 Å². The van der Waals surface area contributed by atoms with Gasteiger partial charge >= 0.3 is 0 Å². The Morgan fingerprint density at radius 3 is 3.19 bits per heavy atom. The second kappa shape index (κ2) is 4.02. The lowest BCUT2D eigenvalue weighted by molar-refractivity contribution is -0.00677. The first-order chi connectivity index (χ1) is 7.77. The molecular weight excluding hydrogens is 222 g/mol. The van der Waals surface area contributed by atoms with Gasteiger partial charge in [-0.3, -0.25) is 0 Å². The van der Waals surface area contributed by atoms with Crippen LogP contribution in [0.1, 0.15) is 29.0 Å². The van der Waals surface area contributed by atoms with Gasteiger partial charge in [-0.25, -0.2) is 0 Å². The summed E-state index contributed by atoms with van der Waals surface area (Å²) in [7, 11) is 0. The Bertz CT molecular complexity index is 419. The topological polar surface area (TPSA) is 21.3 Å². The van der Waals surface area contributed by atoms with Crippen LogP contribution in [0.5, 0.6) is 0 Å². The van der Waals surface area contributed by atoms with Crippen LogP contribution in [0.25, 0.3) is 0 Å². The van der Waals surface area contributed by atoms with Crippen LogP contribution in [-0.4, -0.2) is 19.2 Å². The summed E-state index contributed by atoms with van der Waals surface area (Å²) < 4.78 is 5.92. The van der Waals surface area contributed by atoms with Crippen LogP contribution in [0.2, 0.25) is 5.02 Å². The van der Waals surface area contributed by atoms with Crippen LogP contribution in [0.3, 0.4) is 0 Å². The lowest BCUT2D eigenvalue weighted by Gasteiger charge is -2.38. The molecule has 2 aliphatic rings. The molecule has 0 saturated carbocycles. The highest BCUT2D eigenvalue weighted by molar-refractivity contribution is 6.32. The van der Waals surface area contributed by atoms with E-state index in [0.29, 0.717) is 18.6 Å². The molecular formula is C13H16ClNO. The summed E-state index contributed by atoms with van der Waals surface area (Å²) in [5, 5.41) is 4.33. The molecule has 0 aliphatic carbocycles. The molecule has 1 N–H and O–H groups in total. The Balaban J connectivity index is 2.05. The van der Waals surface area contributed by atoms with Crippen molar-refractivity contribution in [2.75, 3.05) is 13.1 Å². The van der Waals surface area contributed by atoms with Crippen molar-refractivity contribution < 1.29 is 4.74 Å².